The maximum absolute atomic E-state index is 10.8. The third-order valence-corrected chi connectivity index (χ3v) is 3.82. The first-order chi connectivity index (χ1) is 8.64. The van der Waals surface area contributed by atoms with Crippen molar-refractivity contribution in [3.05, 3.63) is 29.8 Å². The van der Waals surface area contributed by atoms with E-state index in [9.17, 15) is 5.11 Å². The predicted octanol–water partition coefficient (Wildman–Crippen LogP) is 2.29. The molecule has 1 aromatic carbocycles. The molecule has 1 aliphatic heterocycles. The molecule has 3 nitrogen and oxygen atoms in total. The molecule has 1 aliphatic rings. The maximum Gasteiger partial charge on any atom is 0.119 e. The summed E-state index contributed by atoms with van der Waals surface area (Å²) in [5, 5.41) is 14.2. The van der Waals surface area contributed by atoms with Crippen molar-refractivity contribution in [2.75, 3.05) is 19.7 Å². The largest absolute Gasteiger partial charge is 0.494 e. The van der Waals surface area contributed by atoms with Gasteiger partial charge in [0.25, 0.3) is 0 Å². The number of benzene rings is 1. The first-order valence-corrected chi connectivity index (χ1v) is 6.81. The molecule has 2 N–H and O–H groups in total. The Morgan fingerprint density at radius 1 is 1.50 bits per heavy atom. The Morgan fingerprint density at radius 2 is 2.33 bits per heavy atom. The van der Waals surface area contributed by atoms with Crippen molar-refractivity contribution in [3.63, 3.8) is 0 Å². The van der Waals surface area contributed by atoms with Crippen LogP contribution >= 0.6 is 0 Å². The highest BCUT2D eigenvalue weighted by molar-refractivity contribution is 5.32. The SMILES string of the molecule is CCOc1cccc(C(C)(O)C2CCCNC2)c1. The Kier molecular flexibility index (Phi) is 4.25. The van der Waals surface area contributed by atoms with Crippen molar-refractivity contribution in [1.82, 2.24) is 5.32 Å². The topological polar surface area (TPSA) is 41.5 Å². The molecule has 2 rings (SSSR count). The van der Waals surface area contributed by atoms with Crippen LogP contribution in [-0.4, -0.2) is 24.8 Å². The molecular weight excluding hydrogens is 226 g/mol. The Hall–Kier alpha value is -1.06. The summed E-state index contributed by atoms with van der Waals surface area (Å²) in [5.41, 5.74) is 0.155. The second-order valence-corrected chi connectivity index (χ2v) is 5.15. The number of piperidine rings is 1. The Labute approximate surface area is 109 Å². The van der Waals surface area contributed by atoms with E-state index in [1.165, 1.54) is 0 Å². The number of nitrogens with one attached hydrogen (secondary N) is 1. The lowest BCUT2D eigenvalue weighted by Gasteiger charge is -2.36. The summed E-state index contributed by atoms with van der Waals surface area (Å²) in [7, 11) is 0. The Bertz CT molecular complexity index is 384. The van der Waals surface area contributed by atoms with Gasteiger partial charge < -0.3 is 15.2 Å². The van der Waals surface area contributed by atoms with E-state index in [0.717, 1.165) is 37.2 Å². The van der Waals surface area contributed by atoms with Crippen LogP contribution < -0.4 is 10.1 Å². The minimum absolute atomic E-state index is 0.267. The average molecular weight is 249 g/mol. The molecule has 0 amide bonds. The van der Waals surface area contributed by atoms with Crippen LogP contribution in [0.4, 0.5) is 0 Å². The van der Waals surface area contributed by atoms with E-state index in [1.54, 1.807) is 0 Å². The van der Waals surface area contributed by atoms with Gasteiger partial charge in [-0.1, -0.05) is 12.1 Å². The molecule has 3 heteroatoms. The van der Waals surface area contributed by atoms with E-state index in [2.05, 4.69) is 5.32 Å². The normalized spacial score (nSPS) is 23.4. The summed E-state index contributed by atoms with van der Waals surface area (Å²) in [5.74, 6) is 1.10. The lowest BCUT2D eigenvalue weighted by molar-refractivity contribution is -0.0158. The summed E-state index contributed by atoms with van der Waals surface area (Å²) in [6.07, 6.45) is 2.20. The van der Waals surface area contributed by atoms with Gasteiger partial charge in [0.05, 0.1) is 12.2 Å². The molecule has 1 fully saturated rings. The molecule has 1 heterocycles. The summed E-state index contributed by atoms with van der Waals surface area (Å²) in [6, 6.07) is 7.82. The number of hydrogen-bond donors (Lipinski definition) is 2. The lowest BCUT2D eigenvalue weighted by Crippen LogP contribution is -2.42. The van der Waals surface area contributed by atoms with Gasteiger partial charge >= 0.3 is 0 Å². The molecule has 1 aromatic rings. The minimum atomic E-state index is -0.791. The van der Waals surface area contributed by atoms with Crippen molar-refractivity contribution in [1.29, 1.82) is 0 Å². The van der Waals surface area contributed by atoms with E-state index < -0.39 is 5.60 Å². The van der Waals surface area contributed by atoms with Crippen molar-refractivity contribution < 1.29 is 9.84 Å². The molecule has 0 aliphatic carbocycles. The van der Waals surface area contributed by atoms with Crippen LogP contribution in [0.1, 0.15) is 32.3 Å². The molecule has 0 bridgehead atoms. The molecule has 0 saturated carbocycles. The molecule has 2 unspecified atom stereocenters. The third kappa shape index (κ3) is 2.85. The van der Waals surface area contributed by atoms with Gasteiger partial charge in [0.15, 0.2) is 0 Å². The van der Waals surface area contributed by atoms with Crippen LogP contribution in [0.25, 0.3) is 0 Å². The molecule has 2 atom stereocenters. The fourth-order valence-electron chi connectivity index (χ4n) is 2.63. The molecule has 1 saturated heterocycles. The van der Waals surface area contributed by atoms with Crippen LogP contribution in [0, 0.1) is 5.92 Å². The van der Waals surface area contributed by atoms with E-state index in [-0.39, 0.29) is 5.92 Å². The van der Waals surface area contributed by atoms with E-state index in [0.29, 0.717) is 6.61 Å². The van der Waals surface area contributed by atoms with Gasteiger partial charge in [-0.05, 0) is 50.9 Å². The fraction of sp³-hybridized carbons (Fsp3) is 0.600. The van der Waals surface area contributed by atoms with Gasteiger partial charge in [-0.2, -0.15) is 0 Å². The quantitative estimate of drug-likeness (QED) is 0.860. The molecule has 0 spiro atoms. The number of rotatable bonds is 4. The number of hydrogen-bond acceptors (Lipinski definition) is 3. The van der Waals surface area contributed by atoms with Crippen molar-refractivity contribution in [2.45, 2.75) is 32.3 Å². The average Bonchev–Trinajstić information content (AvgIpc) is 2.40. The first-order valence-electron chi connectivity index (χ1n) is 6.81. The zero-order valence-corrected chi connectivity index (χ0v) is 11.3. The van der Waals surface area contributed by atoms with E-state index in [1.807, 2.05) is 38.1 Å². The van der Waals surface area contributed by atoms with Crippen molar-refractivity contribution in [3.8, 4) is 5.75 Å². The highest BCUT2D eigenvalue weighted by Gasteiger charge is 2.34. The van der Waals surface area contributed by atoms with Gasteiger partial charge in [-0.15, -0.1) is 0 Å². The van der Waals surface area contributed by atoms with Gasteiger partial charge in [-0.25, -0.2) is 0 Å². The van der Waals surface area contributed by atoms with Crippen LogP contribution in [0.5, 0.6) is 5.75 Å². The fourth-order valence-corrected chi connectivity index (χ4v) is 2.63. The van der Waals surface area contributed by atoms with Crippen LogP contribution in [-0.2, 0) is 5.60 Å². The van der Waals surface area contributed by atoms with Gasteiger partial charge in [0.1, 0.15) is 5.75 Å². The van der Waals surface area contributed by atoms with Gasteiger partial charge in [0.2, 0.25) is 0 Å². The zero-order chi connectivity index (χ0) is 13.0. The summed E-state index contributed by atoms with van der Waals surface area (Å²) in [4.78, 5) is 0. The van der Waals surface area contributed by atoms with Crippen molar-refractivity contribution in [2.24, 2.45) is 5.92 Å². The standard InChI is InChI=1S/C15H23NO2/c1-3-18-14-8-4-6-12(10-14)15(2,17)13-7-5-9-16-11-13/h4,6,8,10,13,16-17H,3,5,7,9,11H2,1-2H3. The number of ether oxygens (including phenoxy) is 1. The van der Waals surface area contributed by atoms with Crippen LogP contribution in [0.3, 0.4) is 0 Å². The molecular formula is C15H23NO2. The Morgan fingerprint density at radius 3 is 3.00 bits per heavy atom. The first kappa shape index (κ1) is 13.4. The van der Waals surface area contributed by atoms with Gasteiger partial charge in [0, 0.05) is 12.5 Å². The van der Waals surface area contributed by atoms with Gasteiger partial charge in [-0.3, -0.25) is 0 Å². The third-order valence-electron chi connectivity index (χ3n) is 3.82. The summed E-state index contributed by atoms with van der Waals surface area (Å²) in [6.45, 7) is 6.47. The van der Waals surface area contributed by atoms with Crippen molar-refractivity contribution >= 4 is 0 Å². The molecule has 0 aromatic heterocycles. The highest BCUT2D eigenvalue weighted by Crippen LogP contribution is 2.34. The zero-order valence-electron chi connectivity index (χ0n) is 11.3. The summed E-state index contributed by atoms with van der Waals surface area (Å²) >= 11 is 0. The molecule has 18 heavy (non-hydrogen) atoms. The monoisotopic (exact) mass is 249 g/mol. The maximum atomic E-state index is 10.8. The smallest absolute Gasteiger partial charge is 0.119 e. The molecule has 100 valence electrons. The van der Waals surface area contributed by atoms with Crippen LogP contribution in [0.2, 0.25) is 0 Å². The predicted molar refractivity (Wildman–Crippen MR) is 72.8 cm³/mol. The second kappa shape index (κ2) is 5.72. The second-order valence-electron chi connectivity index (χ2n) is 5.15. The Balaban J connectivity index is 2.19. The summed E-state index contributed by atoms with van der Waals surface area (Å²) < 4.78 is 5.50. The highest BCUT2D eigenvalue weighted by atomic mass is 16.5. The lowest BCUT2D eigenvalue weighted by atomic mass is 9.79. The number of aliphatic hydroxyl groups is 1. The van der Waals surface area contributed by atoms with Crippen LogP contribution in [0.15, 0.2) is 24.3 Å². The van der Waals surface area contributed by atoms with E-state index >= 15 is 0 Å². The van der Waals surface area contributed by atoms with E-state index in [4.69, 9.17) is 4.74 Å². The minimum Gasteiger partial charge on any atom is -0.494 e. The molecule has 0 radical (unpaired) electrons.